The van der Waals surface area contributed by atoms with Crippen LogP contribution in [-0.2, 0) is 10.0 Å². The molecular weight excluding hydrogens is 327 g/mol. The zero-order valence-electron chi connectivity index (χ0n) is 10.2. The lowest BCUT2D eigenvalue weighted by atomic mass is 10.2. The van der Waals surface area contributed by atoms with Crippen LogP contribution in [0.4, 0.5) is 0 Å². The van der Waals surface area contributed by atoms with Crippen molar-refractivity contribution in [2.45, 2.75) is 11.8 Å². The minimum absolute atomic E-state index is 0.0690. The first-order valence-corrected chi connectivity index (χ1v) is 7.54. The molecule has 0 saturated heterocycles. The Hall–Kier alpha value is -1.33. The highest BCUT2D eigenvalue weighted by Crippen LogP contribution is 2.29. The summed E-state index contributed by atoms with van der Waals surface area (Å²) in [4.78, 5) is 10.5. The number of carbonyl (C=O) groups is 1. The number of halogens is 2. The molecule has 0 aliphatic rings. The molecular formula is C11H10Cl2N2O4S. The van der Waals surface area contributed by atoms with Crippen LogP contribution >= 0.6 is 23.2 Å². The molecule has 0 aliphatic heterocycles. The number of hydrogen-bond acceptors (Lipinski definition) is 4. The lowest BCUT2D eigenvalue weighted by Crippen LogP contribution is -2.28. The van der Waals surface area contributed by atoms with Crippen LogP contribution in [0.15, 0.2) is 17.0 Å². The largest absolute Gasteiger partial charge is 0.478 e. The van der Waals surface area contributed by atoms with Crippen molar-refractivity contribution in [1.82, 2.24) is 4.72 Å². The first-order chi connectivity index (χ1) is 9.19. The molecule has 0 bridgehead atoms. The van der Waals surface area contributed by atoms with Gasteiger partial charge in [-0.3, -0.25) is 0 Å². The molecule has 20 heavy (non-hydrogen) atoms. The van der Waals surface area contributed by atoms with Gasteiger partial charge in [0, 0.05) is 11.6 Å². The third-order valence-corrected chi connectivity index (χ3v) is 4.51. The van der Waals surface area contributed by atoms with Gasteiger partial charge in [0.25, 0.3) is 0 Å². The highest BCUT2D eigenvalue weighted by Gasteiger charge is 2.24. The van der Waals surface area contributed by atoms with Crippen LogP contribution < -0.4 is 4.72 Å². The van der Waals surface area contributed by atoms with Gasteiger partial charge in [0.05, 0.1) is 22.6 Å². The predicted molar refractivity (Wildman–Crippen MR) is 73.4 cm³/mol. The maximum atomic E-state index is 12.0. The van der Waals surface area contributed by atoms with E-state index in [-0.39, 0.29) is 11.6 Å². The lowest BCUT2D eigenvalue weighted by molar-refractivity contribution is 0.0697. The van der Waals surface area contributed by atoms with E-state index in [2.05, 4.69) is 4.72 Å². The summed E-state index contributed by atoms with van der Waals surface area (Å²) in [5, 5.41) is 17.0. The van der Waals surface area contributed by atoms with Crippen LogP contribution in [-0.4, -0.2) is 26.0 Å². The highest BCUT2D eigenvalue weighted by atomic mass is 35.5. The molecule has 1 aromatic rings. The number of sulfonamides is 1. The van der Waals surface area contributed by atoms with E-state index in [0.29, 0.717) is 0 Å². The summed E-state index contributed by atoms with van der Waals surface area (Å²) in [6.45, 7) is 1.41. The van der Waals surface area contributed by atoms with Crippen LogP contribution in [0.5, 0.6) is 0 Å². The van der Waals surface area contributed by atoms with Gasteiger partial charge in [0.1, 0.15) is 4.90 Å². The zero-order valence-corrected chi connectivity index (χ0v) is 12.6. The smallest absolute Gasteiger partial charge is 0.337 e. The normalized spacial score (nSPS) is 12.7. The number of carboxylic acids is 1. The van der Waals surface area contributed by atoms with Crippen molar-refractivity contribution < 1.29 is 18.3 Å². The van der Waals surface area contributed by atoms with E-state index in [1.807, 2.05) is 6.07 Å². The minimum Gasteiger partial charge on any atom is -0.478 e. The second-order valence-corrected chi connectivity index (χ2v) is 6.50. The summed E-state index contributed by atoms with van der Waals surface area (Å²) in [5.74, 6) is -1.93. The average Bonchev–Trinajstić information content (AvgIpc) is 2.37. The van der Waals surface area contributed by atoms with Gasteiger partial charge in [0.2, 0.25) is 10.0 Å². The number of benzene rings is 1. The average molecular weight is 337 g/mol. The molecule has 0 saturated carbocycles. The van der Waals surface area contributed by atoms with Crippen LogP contribution in [0.3, 0.4) is 0 Å². The molecule has 0 spiro atoms. The molecule has 6 nitrogen and oxygen atoms in total. The number of rotatable bonds is 5. The Kier molecular flexibility index (Phi) is 5.36. The third-order valence-electron chi connectivity index (χ3n) is 2.32. The van der Waals surface area contributed by atoms with Crippen LogP contribution in [0.2, 0.25) is 10.0 Å². The summed E-state index contributed by atoms with van der Waals surface area (Å²) in [6.07, 6.45) is 0. The summed E-state index contributed by atoms with van der Waals surface area (Å²) in [5.41, 5.74) is -0.409. The quantitative estimate of drug-likeness (QED) is 0.856. The Bertz CT molecular complexity index is 682. The first kappa shape index (κ1) is 16.7. The van der Waals surface area contributed by atoms with Gasteiger partial charge in [0.15, 0.2) is 0 Å². The molecule has 1 rings (SSSR count). The standard InChI is InChI=1S/C11H10Cl2N2O4S/c1-6(4-14)5-15-20(18,19)9-3-7(12)2-8(10(9)13)11(16)17/h2-3,6,15H,5H2,1H3,(H,16,17). The summed E-state index contributed by atoms with van der Waals surface area (Å²) in [7, 11) is -4.06. The molecule has 0 fully saturated rings. The monoisotopic (exact) mass is 336 g/mol. The lowest BCUT2D eigenvalue weighted by Gasteiger charge is -2.11. The van der Waals surface area contributed by atoms with Crippen molar-refractivity contribution in [3.8, 4) is 6.07 Å². The number of nitrogens with zero attached hydrogens (tertiary/aromatic N) is 1. The molecule has 1 unspecified atom stereocenters. The molecule has 2 N–H and O–H groups in total. The van der Waals surface area contributed by atoms with Gasteiger partial charge in [-0.1, -0.05) is 23.2 Å². The van der Waals surface area contributed by atoms with Crippen molar-refractivity contribution in [3.63, 3.8) is 0 Å². The summed E-state index contributed by atoms with van der Waals surface area (Å²) < 4.78 is 26.3. The Morgan fingerprint density at radius 1 is 1.50 bits per heavy atom. The van der Waals surface area contributed by atoms with Gasteiger partial charge in [-0.2, -0.15) is 5.26 Å². The van der Waals surface area contributed by atoms with E-state index in [1.165, 1.54) is 6.92 Å². The van der Waals surface area contributed by atoms with Crippen LogP contribution in [0.25, 0.3) is 0 Å². The van der Waals surface area contributed by atoms with Gasteiger partial charge in [-0.25, -0.2) is 17.9 Å². The summed E-state index contributed by atoms with van der Waals surface area (Å²) in [6, 6.07) is 3.97. The molecule has 1 aromatic carbocycles. The third kappa shape index (κ3) is 3.84. The van der Waals surface area contributed by atoms with Crippen molar-refractivity contribution in [3.05, 3.63) is 27.7 Å². The fourth-order valence-electron chi connectivity index (χ4n) is 1.27. The Balaban J connectivity index is 3.26. The van der Waals surface area contributed by atoms with Crippen molar-refractivity contribution in [1.29, 1.82) is 5.26 Å². The van der Waals surface area contributed by atoms with E-state index >= 15 is 0 Å². The molecule has 0 radical (unpaired) electrons. The molecule has 0 heterocycles. The van der Waals surface area contributed by atoms with E-state index < -0.39 is 37.4 Å². The van der Waals surface area contributed by atoms with E-state index in [0.717, 1.165) is 12.1 Å². The number of aromatic carboxylic acids is 1. The fourth-order valence-corrected chi connectivity index (χ4v) is 3.30. The minimum atomic E-state index is -4.06. The topological polar surface area (TPSA) is 107 Å². The highest BCUT2D eigenvalue weighted by molar-refractivity contribution is 7.89. The number of nitrogens with one attached hydrogen (secondary N) is 1. The molecule has 9 heteroatoms. The van der Waals surface area contributed by atoms with E-state index in [4.69, 9.17) is 33.6 Å². The SMILES string of the molecule is CC(C#N)CNS(=O)(=O)c1cc(Cl)cc(C(=O)O)c1Cl. The van der Waals surface area contributed by atoms with Gasteiger partial charge >= 0.3 is 5.97 Å². The second-order valence-electron chi connectivity index (χ2n) is 3.95. The van der Waals surface area contributed by atoms with Crippen molar-refractivity contribution in [2.75, 3.05) is 6.54 Å². The number of hydrogen-bond donors (Lipinski definition) is 2. The van der Waals surface area contributed by atoms with Crippen molar-refractivity contribution in [2.24, 2.45) is 5.92 Å². The van der Waals surface area contributed by atoms with Crippen LogP contribution in [0, 0.1) is 17.2 Å². The second kappa shape index (κ2) is 6.41. The number of nitriles is 1. The Labute approximate surface area is 126 Å². The Morgan fingerprint density at radius 2 is 2.10 bits per heavy atom. The van der Waals surface area contributed by atoms with Gasteiger partial charge in [-0.15, -0.1) is 0 Å². The molecule has 108 valence electrons. The molecule has 0 aliphatic carbocycles. The fraction of sp³-hybridized carbons (Fsp3) is 0.273. The summed E-state index contributed by atoms with van der Waals surface area (Å²) >= 11 is 11.5. The molecule has 0 aromatic heterocycles. The predicted octanol–water partition coefficient (Wildman–Crippen LogP) is 2.13. The van der Waals surface area contributed by atoms with Gasteiger partial charge < -0.3 is 5.11 Å². The Morgan fingerprint density at radius 3 is 2.60 bits per heavy atom. The van der Waals surface area contributed by atoms with Crippen molar-refractivity contribution >= 4 is 39.2 Å². The maximum Gasteiger partial charge on any atom is 0.337 e. The van der Waals surface area contributed by atoms with E-state index in [1.54, 1.807) is 0 Å². The number of carboxylic acid groups (broad SMARTS) is 1. The maximum absolute atomic E-state index is 12.0. The van der Waals surface area contributed by atoms with Gasteiger partial charge in [-0.05, 0) is 19.1 Å². The zero-order chi connectivity index (χ0) is 15.5. The van der Waals surface area contributed by atoms with Crippen LogP contribution in [0.1, 0.15) is 17.3 Å². The molecule has 0 amide bonds. The van der Waals surface area contributed by atoms with E-state index in [9.17, 15) is 13.2 Å². The first-order valence-electron chi connectivity index (χ1n) is 5.30. The molecule has 1 atom stereocenters.